The molecule has 2 heterocycles. The van der Waals surface area contributed by atoms with E-state index in [1.165, 1.54) is 9.58 Å². The number of likely N-dealkylation sites (N-methyl/N-ethyl adjacent to an activating group) is 1. The first-order valence-corrected chi connectivity index (χ1v) is 8.78. The number of nitrogens with zero attached hydrogens (tertiary/aromatic N) is 3. The Morgan fingerprint density at radius 1 is 1.57 bits per heavy atom. The van der Waals surface area contributed by atoms with Gasteiger partial charge in [0.15, 0.2) is 4.90 Å². The number of primary sulfonamides is 1. The Labute approximate surface area is 135 Å². The fourth-order valence-electron chi connectivity index (χ4n) is 2.30. The third kappa shape index (κ3) is 3.94. The lowest BCUT2D eigenvalue weighted by molar-refractivity contribution is 0.00408. The van der Waals surface area contributed by atoms with Gasteiger partial charge in [-0.25, -0.2) is 23.0 Å². The van der Waals surface area contributed by atoms with Gasteiger partial charge in [-0.1, -0.05) is 0 Å². The van der Waals surface area contributed by atoms with Crippen molar-refractivity contribution in [2.24, 2.45) is 5.14 Å². The first-order valence-electron chi connectivity index (χ1n) is 7.24. The zero-order valence-electron chi connectivity index (χ0n) is 13.6. The van der Waals surface area contributed by atoms with Gasteiger partial charge in [0.25, 0.3) is 0 Å². The van der Waals surface area contributed by atoms with Crippen LogP contribution in [0.2, 0.25) is 0 Å². The molecule has 0 unspecified atom stereocenters. The Morgan fingerprint density at radius 2 is 2.22 bits per heavy atom. The molecule has 1 amide bonds. The normalized spacial score (nSPS) is 18.0. The number of hydrogen-bond donors (Lipinski definition) is 1. The number of ether oxygens (including phenoxy) is 2. The first kappa shape index (κ1) is 17.5. The molecule has 0 fully saturated rings. The smallest absolute Gasteiger partial charge is 0.410 e. The molecule has 0 aliphatic carbocycles. The van der Waals surface area contributed by atoms with Crippen LogP contribution >= 0.6 is 0 Å². The highest BCUT2D eigenvalue weighted by Gasteiger charge is 2.34. The van der Waals surface area contributed by atoms with E-state index in [1.54, 1.807) is 20.8 Å². The second-order valence-corrected chi connectivity index (χ2v) is 7.80. The summed E-state index contributed by atoms with van der Waals surface area (Å²) in [5.41, 5.74) is -0.600. The van der Waals surface area contributed by atoms with Crippen LogP contribution in [0.3, 0.4) is 0 Å². The Kier molecular flexibility index (Phi) is 4.58. The molecule has 0 saturated heterocycles. The Bertz CT molecular complexity index is 692. The van der Waals surface area contributed by atoms with E-state index in [0.717, 1.165) is 6.20 Å². The molecule has 1 aliphatic heterocycles. The van der Waals surface area contributed by atoms with Crippen LogP contribution in [0.15, 0.2) is 11.1 Å². The fourth-order valence-corrected chi connectivity index (χ4v) is 2.90. The van der Waals surface area contributed by atoms with E-state index in [-0.39, 0.29) is 23.4 Å². The van der Waals surface area contributed by atoms with Crippen molar-refractivity contribution in [1.29, 1.82) is 0 Å². The summed E-state index contributed by atoms with van der Waals surface area (Å²) in [6, 6.07) is -0.310. The summed E-state index contributed by atoms with van der Waals surface area (Å²) in [6.07, 6.45) is 0.701. The molecule has 2 rings (SSSR count). The van der Waals surface area contributed by atoms with Crippen LogP contribution in [0.4, 0.5) is 4.79 Å². The monoisotopic (exact) mass is 346 g/mol. The number of carbonyl (C=O) groups excluding carboxylic acids is 1. The number of carbonyl (C=O) groups is 1. The standard InChI is InChI=1S/C13H22N4O5S/c1-5-16(12(18)22-13(2,3)4)9-7-17-11(21-8-9)10(6-15-17)23(14,19)20/h6,9H,5,7-8H2,1-4H3,(H2,14,19,20)/t9-/m0/s1. The van der Waals surface area contributed by atoms with Crippen molar-refractivity contribution in [2.45, 2.75) is 50.8 Å². The molecule has 1 aliphatic rings. The van der Waals surface area contributed by atoms with Crippen LogP contribution in [0.5, 0.6) is 5.88 Å². The SMILES string of the molecule is CCN(C(=O)OC(C)(C)C)[C@@H]1COc2c(S(N)(=O)=O)cnn2C1. The topological polar surface area (TPSA) is 117 Å². The van der Waals surface area contributed by atoms with Crippen LogP contribution in [-0.4, -0.2) is 54.0 Å². The quantitative estimate of drug-likeness (QED) is 0.854. The highest BCUT2D eigenvalue weighted by molar-refractivity contribution is 7.89. The minimum absolute atomic E-state index is 0.101. The molecule has 0 radical (unpaired) electrons. The number of rotatable bonds is 3. The molecule has 130 valence electrons. The van der Waals surface area contributed by atoms with Crippen molar-refractivity contribution in [3.63, 3.8) is 0 Å². The third-order valence-corrected chi connectivity index (χ3v) is 4.16. The Hall–Kier alpha value is -1.81. The molecule has 0 spiro atoms. The number of nitrogens with two attached hydrogens (primary N) is 1. The summed E-state index contributed by atoms with van der Waals surface area (Å²) in [6.45, 7) is 8.08. The van der Waals surface area contributed by atoms with E-state index in [0.29, 0.717) is 13.1 Å². The molecule has 0 saturated carbocycles. The molecular formula is C13H22N4O5S. The van der Waals surface area contributed by atoms with Crippen molar-refractivity contribution in [3.05, 3.63) is 6.20 Å². The molecule has 1 aromatic rings. The van der Waals surface area contributed by atoms with E-state index in [9.17, 15) is 13.2 Å². The van der Waals surface area contributed by atoms with Crippen LogP contribution in [0.1, 0.15) is 27.7 Å². The van der Waals surface area contributed by atoms with Gasteiger partial charge in [-0.05, 0) is 27.7 Å². The van der Waals surface area contributed by atoms with E-state index in [2.05, 4.69) is 5.10 Å². The Morgan fingerprint density at radius 3 is 2.74 bits per heavy atom. The van der Waals surface area contributed by atoms with Gasteiger partial charge in [-0.15, -0.1) is 0 Å². The Balaban J connectivity index is 2.18. The third-order valence-electron chi connectivity index (χ3n) is 3.27. The minimum atomic E-state index is -3.90. The van der Waals surface area contributed by atoms with Gasteiger partial charge in [0.2, 0.25) is 15.9 Å². The highest BCUT2D eigenvalue weighted by atomic mass is 32.2. The van der Waals surface area contributed by atoms with Gasteiger partial charge in [0.1, 0.15) is 12.2 Å². The van der Waals surface area contributed by atoms with Crippen LogP contribution in [0, 0.1) is 0 Å². The number of fused-ring (bicyclic) bond motifs is 1. The van der Waals surface area contributed by atoms with E-state index in [1.807, 2.05) is 6.92 Å². The van der Waals surface area contributed by atoms with Gasteiger partial charge >= 0.3 is 6.09 Å². The maximum atomic E-state index is 12.3. The minimum Gasteiger partial charge on any atom is -0.475 e. The van der Waals surface area contributed by atoms with Crippen LogP contribution < -0.4 is 9.88 Å². The molecule has 10 heteroatoms. The molecule has 1 aromatic heterocycles. The van der Waals surface area contributed by atoms with Crippen molar-refractivity contribution >= 4 is 16.1 Å². The predicted molar refractivity (Wildman–Crippen MR) is 81.5 cm³/mol. The van der Waals surface area contributed by atoms with Gasteiger partial charge in [-0.3, -0.25) is 0 Å². The van der Waals surface area contributed by atoms with Gasteiger partial charge in [0.05, 0.1) is 18.8 Å². The van der Waals surface area contributed by atoms with E-state index < -0.39 is 21.7 Å². The molecule has 9 nitrogen and oxygen atoms in total. The molecule has 0 aromatic carbocycles. The van der Waals surface area contributed by atoms with Crippen molar-refractivity contribution < 1.29 is 22.7 Å². The molecular weight excluding hydrogens is 324 g/mol. The molecule has 23 heavy (non-hydrogen) atoms. The van der Waals surface area contributed by atoms with Crippen molar-refractivity contribution in [3.8, 4) is 5.88 Å². The summed E-state index contributed by atoms with van der Waals surface area (Å²) < 4.78 is 35.2. The summed E-state index contributed by atoms with van der Waals surface area (Å²) in [5, 5.41) is 9.10. The summed E-state index contributed by atoms with van der Waals surface area (Å²) in [4.78, 5) is 13.6. The van der Waals surface area contributed by atoms with E-state index >= 15 is 0 Å². The van der Waals surface area contributed by atoms with Crippen LogP contribution in [-0.2, 0) is 21.3 Å². The zero-order valence-corrected chi connectivity index (χ0v) is 14.5. The second kappa shape index (κ2) is 6.00. The average Bonchev–Trinajstić information content (AvgIpc) is 2.80. The first-order chi connectivity index (χ1) is 10.5. The van der Waals surface area contributed by atoms with Gasteiger partial charge < -0.3 is 14.4 Å². The number of sulfonamides is 1. The van der Waals surface area contributed by atoms with Crippen LogP contribution in [0.25, 0.3) is 0 Å². The summed E-state index contributed by atoms with van der Waals surface area (Å²) in [5.74, 6) is 0.101. The average molecular weight is 346 g/mol. The zero-order chi connectivity index (χ0) is 17.4. The van der Waals surface area contributed by atoms with Gasteiger partial charge in [-0.2, -0.15) is 5.10 Å². The highest BCUT2D eigenvalue weighted by Crippen LogP contribution is 2.27. The largest absolute Gasteiger partial charge is 0.475 e. The fraction of sp³-hybridized carbons (Fsp3) is 0.692. The van der Waals surface area contributed by atoms with Crippen molar-refractivity contribution in [2.75, 3.05) is 13.2 Å². The van der Waals surface area contributed by atoms with E-state index in [4.69, 9.17) is 14.6 Å². The number of aromatic nitrogens is 2. The molecule has 2 N–H and O–H groups in total. The van der Waals surface area contributed by atoms with Gasteiger partial charge in [0, 0.05) is 6.54 Å². The summed E-state index contributed by atoms with van der Waals surface area (Å²) in [7, 11) is -3.90. The molecule has 0 bridgehead atoms. The predicted octanol–water partition coefficient (Wildman–Crippen LogP) is 0.549. The maximum Gasteiger partial charge on any atom is 0.410 e. The maximum absolute atomic E-state index is 12.3. The number of amides is 1. The van der Waals surface area contributed by atoms with Crippen molar-refractivity contribution in [1.82, 2.24) is 14.7 Å². The lowest BCUT2D eigenvalue weighted by Gasteiger charge is -2.35. The summed E-state index contributed by atoms with van der Waals surface area (Å²) >= 11 is 0. The number of hydrogen-bond acceptors (Lipinski definition) is 6. The lowest BCUT2D eigenvalue weighted by Crippen LogP contribution is -2.49. The lowest BCUT2D eigenvalue weighted by atomic mass is 10.2. The second-order valence-electron chi connectivity index (χ2n) is 6.27. The molecule has 1 atom stereocenters.